The highest BCUT2D eigenvalue weighted by molar-refractivity contribution is 9.09. The summed E-state index contributed by atoms with van der Waals surface area (Å²) in [6.45, 7) is 0. The maximum Gasteiger partial charge on any atom is 0.378 e. The number of halogens is 3. The lowest BCUT2D eigenvalue weighted by Crippen LogP contribution is -2.10. The molecule has 0 bridgehead atoms. The van der Waals surface area contributed by atoms with Gasteiger partial charge in [0.1, 0.15) is 0 Å². The second kappa shape index (κ2) is 4.45. The summed E-state index contributed by atoms with van der Waals surface area (Å²) in [6.07, 6.45) is 0. The Bertz CT molecular complexity index is 578. The molecule has 0 aliphatic heterocycles. The van der Waals surface area contributed by atoms with E-state index in [-0.39, 0.29) is 5.82 Å². The topological polar surface area (TPSA) is 82.0 Å². The third-order valence-corrected chi connectivity index (χ3v) is 2.44. The van der Waals surface area contributed by atoms with Gasteiger partial charge in [-0.05, 0) is 12.1 Å². The van der Waals surface area contributed by atoms with Gasteiger partial charge in [0.05, 0.1) is 0 Å². The lowest BCUT2D eigenvalue weighted by atomic mass is 10.1. The summed E-state index contributed by atoms with van der Waals surface area (Å²) in [5.41, 5.74) is 5.81. The molecule has 0 saturated carbocycles. The van der Waals surface area contributed by atoms with Gasteiger partial charge in [-0.1, -0.05) is 17.3 Å². The van der Waals surface area contributed by atoms with Crippen LogP contribution in [0.15, 0.2) is 28.8 Å². The number of benzene rings is 1. The first-order valence-electron chi connectivity index (χ1n) is 4.69. The zero-order chi connectivity index (χ0) is 13.3. The van der Waals surface area contributed by atoms with Gasteiger partial charge in [-0.3, -0.25) is 4.79 Å². The lowest BCUT2D eigenvalue weighted by Gasteiger charge is -1.99. The van der Waals surface area contributed by atoms with Crippen LogP contribution in [0, 0.1) is 0 Å². The van der Waals surface area contributed by atoms with Gasteiger partial charge in [0.25, 0.3) is 0 Å². The summed E-state index contributed by atoms with van der Waals surface area (Å²) in [5.74, 6) is -1.42. The number of rotatable bonds is 3. The quantitative estimate of drug-likeness (QED) is 0.880. The highest BCUT2D eigenvalue weighted by Gasteiger charge is 2.34. The molecule has 18 heavy (non-hydrogen) atoms. The average molecular weight is 318 g/mol. The number of carbonyl (C=O) groups excluding carboxylic acids is 1. The van der Waals surface area contributed by atoms with Crippen molar-refractivity contribution in [1.82, 2.24) is 10.1 Å². The number of alkyl halides is 3. The van der Waals surface area contributed by atoms with E-state index in [1.807, 2.05) is 0 Å². The summed E-state index contributed by atoms with van der Waals surface area (Å²) in [4.78, 5) is 11.0. The highest BCUT2D eigenvalue weighted by atomic mass is 79.9. The van der Waals surface area contributed by atoms with Gasteiger partial charge in [-0.25, -0.2) is 0 Å². The van der Waals surface area contributed by atoms with E-state index in [2.05, 4.69) is 30.6 Å². The standard InChI is InChI=1S/C10H6BrF2N3O2/c11-10(12,13)9-15-8(16-18-9)6-3-1-5(2-4-6)7(14)17/h1-4H,(H2,14,17). The SMILES string of the molecule is NC(=O)c1ccc(-c2noc(C(F)(F)Br)n2)cc1. The fourth-order valence-electron chi connectivity index (χ4n) is 1.24. The van der Waals surface area contributed by atoms with E-state index in [0.717, 1.165) is 0 Å². The van der Waals surface area contributed by atoms with E-state index in [0.29, 0.717) is 11.1 Å². The van der Waals surface area contributed by atoms with Crippen LogP contribution in [-0.2, 0) is 4.83 Å². The third kappa shape index (κ3) is 2.53. The van der Waals surface area contributed by atoms with Crippen molar-refractivity contribution in [2.24, 2.45) is 5.73 Å². The summed E-state index contributed by atoms with van der Waals surface area (Å²) >= 11 is 2.11. The molecule has 0 fully saturated rings. The fourth-order valence-corrected chi connectivity index (χ4v) is 1.40. The molecule has 2 rings (SSSR count). The minimum Gasteiger partial charge on any atom is -0.366 e. The van der Waals surface area contributed by atoms with Crippen LogP contribution in [0.25, 0.3) is 11.4 Å². The Labute approximate surface area is 108 Å². The molecule has 0 aliphatic carbocycles. The number of aromatic nitrogens is 2. The van der Waals surface area contributed by atoms with Gasteiger partial charge in [-0.15, -0.1) is 0 Å². The second-order valence-electron chi connectivity index (χ2n) is 3.36. The zero-order valence-electron chi connectivity index (χ0n) is 8.73. The molecular formula is C10H6BrF2N3O2. The van der Waals surface area contributed by atoms with Crippen LogP contribution in [0.1, 0.15) is 16.2 Å². The van der Waals surface area contributed by atoms with E-state index in [9.17, 15) is 13.6 Å². The Kier molecular flexibility index (Phi) is 3.12. The van der Waals surface area contributed by atoms with Gasteiger partial charge in [-0.2, -0.15) is 13.8 Å². The van der Waals surface area contributed by atoms with Crippen molar-refractivity contribution < 1.29 is 18.1 Å². The Morgan fingerprint density at radius 3 is 2.39 bits per heavy atom. The Morgan fingerprint density at radius 2 is 1.94 bits per heavy atom. The number of primary amides is 1. The molecule has 1 aromatic heterocycles. The molecule has 0 spiro atoms. The van der Waals surface area contributed by atoms with Crippen LogP contribution in [-0.4, -0.2) is 16.0 Å². The maximum atomic E-state index is 12.8. The van der Waals surface area contributed by atoms with Crippen LogP contribution in [0.2, 0.25) is 0 Å². The first kappa shape index (κ1) is 12.6. The summed E-state index contributed by atoms with van der Waals surface area (Å²) in [6, 6.07) is 5.86. The third-order valence-electron chi connectivity index (χ3n) is 2.10. The van der Waals surface area contributed by atoms with Gasteiger partial charge < -0.3 is 10.3 Å². The molecule has 0 atom stereocenters. The van der Waals surface area contributed by atoms with Crippen LogP contribution >= 0.6 is 15.9 Å². The fraction of sp³-hybridized carbons (Fsp3) is 0.100. The molecule has 0 unspecified atom stereocenters. The Hall–Kier alpha value is -1.83. The van der Waals surface area contributed by atoms with E-state index < -0.39 is 16.6 Å². The molecule has 94 valence electrons. The highest BCUT2D eigenvalue weighted by Crippen LogP contribution is 2.34. The lowest BCUT2D eigenvalue weighted by molar-refractivity contribution is 0.0725. The molecule has 0 aliphatic rings. The van der Waals surface area contributed by atoms with Crippen LogP contribution in [0.5, 0.6) is 0 Å². The molecule has 0 radical (unpaired) electrons. The van der Waals surface area contributed by atoms with Crippen molar-refractivity contribution in [2.75, 3.05) is 0 Å². The average Bonchev–Trinajstić information content (AvgIpc) is 2.78. The molecule has 1 amide bonds. The summed E-state index contributed by atoms with van der Waals surface area (Å²) in [5, 5.41) is 3.42. The van der Waals surface area contributed by atoms with E-state index in [1.165, 1.54) is 24.3 Å². The maximum absolute atomic E-state index is 12.8. The Morgan fingerprint density at radius 1 is 1.33 bits per heavy atom. The Balaban J connectivity index is 2.32. The van der Waals surface area contributed by atoms with Gasteiger partial charge >= 0.3 is 10.7 Å². The number of nitrogens with zero attached hydrogens (tertiary/aromatic N) is 2. The normalized spacial score (nSPS) is 11.5. The van der Waals surface area contributed by atoms with Gasteiger partial charge in [0.15, 0.2) is 0 Å². The van der Waals surface area contributed by atoms with Crippen molar-refractivity contribution in [2.45, 2.75) is 4.83 Å². The largest absolute Gasteiger partial charge is 0.378 e. The molecular weight excluding hydrogens is 312 g/mol. The van der Waals surface area contributed by atoms with Crippen LogP contribution in [0.3, 0.4) is 0 Å². The smallest absolute Gasteiger partial charge is 0.366 e. The van der Waals surface area contributed by atoms with Crippen molar-refractivity contribution >= 4 is 21.8 Å². The zero-order valence-corrected chi connectivity index (χ0v) is 10.3. The molecule has 1 heterocycles. The van der Waals surface area contributed by atoms with Gasteiger partial charge in [0.2, 0.25) is 11.7 Å². The first-order valence-corrected chi connectivity index (χ1v) is 5.48. The molecule has 2 aromatic rings. The van der Waals surface area contributed by atoms with E-state index >= 15 is 0 Å². The summed E-state index contributed by atoms with van der Waals surface area (Å²) < 4.78 is 30.0. The van der Waals surface area contributed by atoms with Gasteiger partial charge in [0, 0.05) is 27.1 Å². The monoisotopic (exact) mass is 317 g/mol. The number of amides is 1. The molecule has 1 aromatic carbocycles. The van der Waals surface area contributed by atoms with Crippen LogP contribution < -0.4 is 5.73 Å². The van der Waals surface area contributed by atoms with Crippen molar-refractivity contribution in [3.63, 3.8) is 0 Å². The summed E-state index contributed by atoms with van der Waals surface area (Å²) in [7, 11) is 0. The first-order chi connectivity index (χ1) is 8.38. The van der Waals surface area contributed by atoms with E-state index in [1.54, 1.807) is 0 Å². The number of carbonyl (C=O) groups is 1. The molecule has 5 nitrogen and oxygen atoms in total. The van der Waals surface area contributed by atoms with Crippen molar-refractivity contribution in [3.05, 3.63) is 35.7 Å². The molecule has 0 saturated heterocycles. The molecule has 2 N–H and O–H groups in total. The minimum atomic E-state index is -3.37. The van der Waals surface area contributed by atoms with Crippen molar-refractivity contribution in [3.8, 4) is 11.4 Å². The second-order valence-corrected chi connectivity index (χ2v) is 4.36. The van der Waals surface area contributed by atoms with Crippen LogP contribution in [0.4, 0.5) is 8.78 Å². The predicted octanol–water partition coefficient (Wildman–Crippen LogP) is 2.28. The predicted molar refractivity (Wildman–Crippen MR) is 61.1 cm³/mol. The number of hydrogen-bond acceptors (Lipinski definition) is 4. The number of hydrogen-bond donors (Lipinski definition) is 1. The number of nitrogens with two attached hydrogens (primary N) is 1. The van der Waals surface area contributed by atoms with Crippen molar-refractivity contribution in [1.29, 1.82) is 0 Å². The molecule has 8 heteroatoms. The van der Waals surface area contributed by atoms with E-state index in [4.69, 9.17) is 5.73 Å². The minimum absolute atomic E-state index is 0.000135.